The monoisotopic (exact) mass is 334 g/mol. The molecule has 2 aromatic carbocycles. The molecule has 0 unspecified atom stereocenters. The van der Waals surface area contributed by atoms with Gasteiger partial charge in [-0.05, 0) is 48.5 Å². The molecule has 122 valence electrons. The molecule has 3 nitrogen and oxygen atoms in total. The van der Waals surface area contributed by atoms with Gasteiger partial charge in [0.15, 0.2) is 0 Å². The van der Waals surface area contributed by atoms with E-state index in [1.165, 1.54) is 12.1 Å². The van der Waals surface area contributed by atoms with Gasteiger partial charge in [0.25, 0.3) is 0 Å². The first-order valence-electron chi connectivity index (χ1n) is 7.82. The van der Waals surface area contributed by atoms with Crippen LogP contribution in [0.1, 0.15) is 0 Å². The van der Waals surface area contributed by atoms with E-state index in [1.54, 1.807) is 0 Å². The van der Waals surface area contributed by atoms with E-state index in [1.807, 2.05) is 36.4 Å². The summed E-state index contributed by atoms with van der Waals surface area (Å²) in [5.74, 6) is 0.658. The van der Waals surface area contributed by atoms with E-state index < -0.39 is 0 Å². The van der Waals surface area contributed by atoms with Crippen molar-refractivity contribution in [2.75, 3.05) is 44.2 Å². The molecule has 0 radical (unpaired) electrons. The van der Waals surface area contributed by atoms with Crippen LogP contribution in [0.2, 0.25) is 5.02 Å². The molecule has 0 spiro atoms. The molecule has 0 bridgehead atoms. The summed E-state index contributed by atoms with van der Waals surface area (Å²) in [5, 5.41) is 0.717. The van der Waals surface area contributed by atoms with E-state index in [4.69, 9.17) is 16.3 Å². The molecule has 0 saturated carbocycles. The average Bonchev–Trinajstić information content (AvgIpc) is 2.58. The quantitative estimate of drug-likeness (QED) is 0.829. The molecule has 0 aliphatic carbocycles. The Labute approximate surface area is 141 Å². The van der Waals surface area contributed by atoms with Crippen LogP contribution in [0.5, 0.6) is 5.75 Å². The number of ether oxygens (including phenoxy) is 1. The number of benzene rings is 2. The lowest BCUT2D eigenvalue weighted by Crippen LogP contribution is -2.47. The van der Waals surface area contributed by atoms with Crippen LogP contribution in [0.4, 0.5) is 10.1 Å². The summed E-state index contributed by atoms with van der Waals surface area (Å²) in [7, 11) is 0. The van der Waals surface area contributed by atoms with Crippen molar-refractivity contribution in [1.29, 1.82) is 0 Å². The van der Waals surface area contributed by atoms with Gasteiger partial charge in [0.1, 0.15) is 18.2 Å². The summed E-state index contributed by atoms with van der Waals surface area (Å²) in [6.07, 6.45) is 0. The Morgan fingerprint density at radius 1 is 0.913 bits per heavy atom. The lowest BCUT2D eigenvalue weighted by Gasteiger charge is -2.36. The molecule has 1 fully saturated rings. The Balaban J connectivity index is 1.40. The number of nitrogens with zero attached hydrogens (tertiary/aromatic N) is 2. The summed E-state index contributed by atoms with van der Waals surface area (Å²) in [4.78, 5) is 4.67. The normalized spacial score (nSPS) is 15.7. The van der Waals surface area contributed by atoms with E-state index in [0.717, 1.165) is 44.2 Å². The van der Waals surface area contributed by atoms with Gasteiger partial charge >= 0.3 is 0 Å². The predicted molar refractivity (Wildman–Crippen MR) is 92.0 cm³/mol. The SMILES string of the molecule is Fc1ccc(N2CCN(CCOc3ccc(Cl)cc3)CC2)cc1. The summed E-state index contributed by atoms with van der Waals surface area (Å²) in [6, 6.07) is 14.1. The van der Waals surface area contributed by atoms with Gasteiger partial charge < -0.3 is 9.64 Å². The molecule has 3 rings (SSSR count). The maximum Gasteiger partial charge on any atom is 0.123 e. The van der Waals surface area contributed by atoms with Crippen LogP contribution in [0, 0.1) is 5.82 Å². The molecule has 0 atom stereocenters. The second-order valence-corrected chi connectivity index (χ2v) is 6.04. The minimum Gasteiger partial charge on any atom is -0.492 e. The van der Waals surface area contributed by atoms with Gasteiger partial charge in [-0.1, -0.05) is 11.6 Å². The first kappa shape index (κ1) is 16.1. The minimum absolute atomic E-state index is 0.188. The molecular weight excluding hydrogens is 315 g/mol. The molecule has 0 amide bonds. The highest BCUT2D eigenvalue weighted by Gasteiger charge is 2.16. The molecular formula is C18H20ClFN2O. The number of piperazine rings is 1. The van der Waals surface area contributed by atoms with E-state index in [0.29, 0.717) is 11.6 Å². The molecule has 2 aromatic rings. The van der Waals surface area contributed by atoms with Crippen LogP contribution in [-0.4, -0.2) is 44.2 Å². The first-order valence-corrected chi connectivity index (χ1v) is 8.20. The molecule has 1 heterocycles. The van der Waals surface area contributed by atoms with Crippen LogP contribution in [-0.2, 0) is 0 Å². The van der Waals surface area contributed by atoms with E-state index >= 15 is 0 Å². The number of rotatable bonds is 5. The third-order valence-corrected chi connectivity index (χ3v) is 4.31. The molecule has 0 N–H and O–H groups in total. The molecule has 1 aliphatic heterocycles. The molecule has 1 saturated heterocycles. The van der Waals surface area contributed by atoms with Crippen molar-refractivity contribution in [3.05, 3.63) is 59.4 Å². The zero-order valence-corrected chi connectivity index (χ0v) is 13.7. The van der Waals surface area contributed by atoms with Crippen molar-refractivity contribution in [1.82, 2.24) is 4.90 Å². The van der Waals surface area contributed by atoms with Crippen molar-refractivity contribution < 1.29 is 9.13 Å². The Morgan fingerprint density at radius 2 is 1.57 bits per heavy atom. The van der Waals surface area contributed by atoms with Gasteiger partial charge in [-0.25, -0.2) is 4.39 Å². The Hall–Kier alpha value is -1.78. The minimum atomic E-state index is -0.188. The maximum absolute atomic E-state index is 13.0. The predicted octanol–water partition coefficient (Wildman–Crippen LogP) is 3.68. The maximum atomic E-state index is 13.0. The van der Waals surface area contributed by atoms with Crippen molar-refractivity contribution in [3.8, 4) is 5.75 Å². The summed E-state index contributed by atoms with van der Waals surface area (Å²) < 4.78 is 18.7. The molecule has 23 heavy (non-hydrogen) atoms. The van der Waals surface area contributed by atoms with Gasteiger partial charge in [-0.2, -0.15) is 0 Å². The Morgan fingerprint density at radius 3 is 2.22 bits per heavy atom. The lowest BCUT2D eigenvalue weighted by molar-refractivity contribution is 0.200. The number of halogens is 2. The van der Waals surface area contributed by atoms with Gasteiger partial charge in [0.05, 0.1) is 0 Å². The third-order valence-electron chi connectivity index (χ3n) is 4.05. The smallest absolute Gasteiger partial charge is 0.123 e. The number of hydrogen-bond donors (Lipinski definition) is 0. The highest BCUT2D eigenvalue weighted by Crippen LogP contribution is 2.17. The Kier molecular flexibility index (Phi) is 5.36. The fourth-order valence-corrected chi connectivity index (χ4v) is 2.83. The second-order valence-electron chi connectivity index (χ2n) is 5.61. The van der Waals surface area contributed by atoms with E-state index in [9.17, 15) is 4.39 Å². The van der Waals surface area contributed by atoms with E-state index in [-0.39, 0.29) is 5.82 Å². The Bertz CT molecular complexity index is 607. The zero-order valence-electron chi connectivity index (χ0n) is 12.9. The largest absolute Gasteiger partial charge is 0.492 e. The van der Waals surface area contributed by atoms with Crippen LogP contribution in [0.3, 0.4) is 0 Å². The van der Waals surface area contributed by atoms with Crippen LogP contribution >= 0.6 is 11.6 Å². The van der Waals surface area contributed by atoms with Crippen LogP contribution < -0.4 is 9.64 Å². The number of hydrogen-bond acceptors (Lipinski definition) is 3. The van der Waals surface area contributed by atoms with Crippen LogP contribution in [0.25, 0.3) is 0 Å². The van der Waals surface area contributed by atoms with Gasteiger partial charge in [-0.15, -0.1) is 0 Å². The van der Waals surface area contributed by atoms with Crippen molar-refractivity contribution in [3.63, 3.8) is 0 Å². The fraction of sp³-hybridized carbons (Fsp3) is 0.333. The van der Waals surface area contributed by atoms with Crippen LogP contribution in [0.15, 0.2) is 48.5 Å². The summed E-state index contributed by atoms with van der Waals surface area (Å²) in [5.41, 5.74) is 1.09. The first-order chi connectivity index (χ1) is 11.2. The van der Waals surface area contributed by atoms with Crippen molar-refractivity contribution in [2.24, 2.45) is 0 Å². The molecule has 1 aliphatic rings. The topological polar surface area (TPSA) is 15.7 Å². The van der Waals surface area contributed by atoms with E-state index in [2.05, 4.69) is 9.80 Å². The molecule has 0 aromatic heterocycles. The zero-order chi connectivity index (χ0) is 16.1. The number of anilines is 1. The standard InChI is InChI=1S/C18H20ClFN2O/c19-15-1-7-18(8-2-15)23-14-13-21-9-11-22(12-10-21)17-5-3-16(20)4-6-17/h1-8H,9-14H2. The van der Waals surface area contributed by atoms with Gasteiger partial charge in [0.2, 0.25) is 0 Å². The fourth-order valence-electron chi connectivity index (χ4n) is 2.71. The highest BCUT2D eigenvalue weighted by atomic mass is 35.5. The lowest BCUT2D eigenvalue weighted by atomic mass is 10.2. The van der Waals surface area contributed by atoms with Crippen molar-refractivity contribution >= 4 is 17.3 Å². The highest BCUT2D eigenvalue weighted by molar-refractivity contribution is 6.30. The summed E-state index contributed by atoms with van der Waals surface area (Å²) >= 11 is 5.85. The van der Waals surface area contributed by atoms with Crippen molar-refractivity contribution in [2.45, 2.75) is 0 Å². The second kappa shape index (κ2) is 7.66. The average molecular weight is 335 g/mol. The summed E-state index contributed by atoms with van der Waals surface area (Å²) in [6.45, 7) is 5.44. The third kappa shape index (κ3) is 4.60. The van der Waals surface area contributed by atoms with Gasteiger partial charge in [-0.3, -0.25) is 4.90 Å². The molecule has 5 heteroatoms. The van der Waals surface area contributed by atoms with Gasteiger partial charge in [0, 0.05) is 43.4 Å².